The molecule has 0 aliphatic rings. The number of anilines is 1. The highest BCUT2D eigenvalue weighted by molar-refractivity contribution is 5.83. The summed E-state index contributed by atoms with van der Waals surface area (Å²) in [5.74, 6) is -0.344. The third kappa shape index (κ3) is 5.57. The summed E-state index contributed by atoms with van der Waals surface area (Å²) in [6, 6.07) is 19.0. The van der Waals surface area contributed by atoms with Crippen molar-refractivity contribution in [3.05, 3.63) is 93.5 Å². The van der Waals surface area contributed by atoms with Crippen LogP contribution in [0.3, 0.4) is 0 Å². The number of hydrogen-bond donors (Lipinski definition) is 1. The summed E-state index contributed by atoms with van der Waals surface area (Å²) in [6.45, 7) is 0.178. The van der Waals surface area contributed by atoms with Crippen LogP contribution in [0.25, 0.3) is 0 Å². The average molecular weight is 447 g/mol. The number of methoxy groups -OCH3 is 2. The van der Waals surface area contributed by atoms with Crippen LogP contribution in [-0.2, 0) is 16.1 Å². The molecule has 3 rings (SSSR count). The van der Waals surface area contributed by atoms with Gasteiger partial charge in [0.1, 0.15) is 6.61 Å². The Morgan fingerprint density at radius 1 is 1.09 bits per heavy atom. The van der Waals surface area contributed by atoms with Crippen LogP contribution in [0.4, 0.5) is 11.4 Å². The number of ether oxygens (including phenoxy) is 3. The minimum Gasteiger partial charge on any atom is -0.493 e. The van der Waals surface area contributed by atoms with Crippen LogP contribution in [0.15, 0.2) is 66.7 Å². The lowest BCUT2D eigenvalue weighted by atomic mass is 10.0. The third-order valence-corrected chi connectivity index (χ3v) is 4.82. The summed E-state index contributed by atoms with van der Waals surface area (Å²) in [6.07, 6.45) is 0. The number of carbonyl (C=O) groups is 1. The zero-order valence-electron chi connectivity index (χ0n) is 18.0. The summed E-state index contributed by atoms with van der Waals surface area (Å²) in [4.78, 5) is 23.9. The molecule has 1 N–H and O–H groups in total. The molecule has 0 spiro atoms. The number of nitriles is 1. The SMILES string of the molecule is COC(=O)C(Nc1ccc(C#N)cc1)c1cc(OC)c(OCc2ccccc2)cc1[N+](=O)[O-]. The van der Waals surface area contributed by atoms with E-state index < -0.39 is 16.9 Å². The summed E-state index contributed by atoms with van der Waals surface area (Å²) in [7, 11) is 2.59. The molecule has 0 fully saturated rings. The van der Waals surface area contributed by atoms with Gasteiger partial charge >= 0.3 is 5.97 Å². The number of nitro benzene ring substituents is 1. The van der Waals surface area contributed by atoms with Gasteiger partial charge in [0, 0.05) is 5.69 Å². The molecule has 3 aromatic carbocycles. The molecule has 0 aliphatic heterocycles. The number of benzene rings is 3. The van der Waals surface area contributed by atoms with Crippen LogP contribution in [0, 0.1) is 21.4 Å². The fraction of sp³-hybridized carbons (Fsp3) is 0.167. The van der Waals surface area contributed by atoms with E-state index in [0.29, 0.717) is 11.3 Å². The Morgan fingerprint density at radius 3 is 2.36 bits per heavy atom. The molecule has 0 saturated heterocycles. The summed E-state index contributed by atoms with van der Waals surface area (Å²) in [5, 5.41) is 23.8. The molecular formula is C24H21N3O6. The first-order valence-corrected chi connectivity index (χ1v) is 9.84. The number of nitrogens with one attached hydrogen (secondary N) is 1. The molecule has 168 valence electrons. The molecule has 0 radical (unpaired) electrons. The van der Waals surface area contributed by atoms with Gasteiger partial charge in [-0.15, -0.1) is 0 Å². The van der Waals surface area contributed by atoms with Gasteiger partial charge in [0.05, 0.1) is 42.4 Å². The first-order valence-electron chi connectivity index (χ1n) is 9.84. The van der Waals surface area contributed by atoms with Crippen LogP contribution in [0.1, 0.15) is 22.7 Å². The Balaban J connectivity index is 2.00. The fourth-order valence-electron chi connectivity index (χ4n) is 3.15. The topological polar surface area (TPSA) is 124 Å². The Hall–Kier alpha value is -4.58. The summed E-state index contributed by atoms with van der Waals surface area (Å²) >= 11 is 0. The minimum atomic E-state index is -1.21. The van der Waals surface area contributed by atoms with Crippen molar-refractivity contribution >= 4 is 17.3 Å². The fourth-order valence-corrected chi connectivity index (χ4v) is 3.15. The molecule has 0 saturated carbocycles. The van der Waals surface area contributed by atoms with Crippen molar-refractivity contribution in [3.8, 4) is 17.6 Å². The largest absolute Gasteiger partial charge is 0.493 e. The molecule has 1 unspecified atom stereocenters. The maximum Gasteiger partial charge on any atom is 0.333 e. The van der Waals surface area contributed by atoms with Gasteiger partial charge in [0.15, 0.2) is 17.5 Å². The lowest BCUT2D eigenvalue weighted by Gasteiger charge is -2.20. The average Bonchev–Trinajstić information content (AvgIpc) is 2.86. The molecule has 0 aromatic heterocycles. The number of carbonyl (C=O) groups excluding carboxylic acids is 1. The normalized spacial score (nSPS) is 11.1. The zero-order chi connectivity index (χ0) is 23.8. The van der Waals surface area contributed by atoms with Crippen molar-refractivity contribution in [3.63, 3.8) is 0 Å². The van der Waals surface area contributed by atoms with Gasteiger partial charge in [-0.05, 0) is 35.9 Å². The zero-order valence-corrected chi connectivity index (χ0v) is 18.0. The monoisotopic (exact) mass is 447 g/mol. The first-order chi connectivity index (χ1) is 16.0. The Bertz CT molecular complexity index is 1170. The lowest BCUT2D eigenvalue weighted by molar-refractivity contribution is -0.385. The van der Waals surface area contributed by atoms with Gasteiger partial charge in [-0.25, -0.2) is 4.79 Å². The predicted molar refractivity (Wildman–Crippen MR) is 120 cm³/mol. The van der Waals surface area contributed by atoms with Crippen molar-refractivity contribution in [2.45, 2.75) is 12.6 Å². The number of hydrogen-bond acceptors (Lipinski definition) is 8. The maximum atomic E-state index is 12.6. The van der Waals surface area contributed by atoms with Crippen molar-refractivity contribution in [1.82, 2.24) is 0 Å². The molecule has 33 heavy (non-hydrogen) atoms. The maximum absolute atomic E-state index is 12.6. The van der Waals surface area contributed by atoms with E-state index in [0.717, 1.165) is 5.56 Å². The molecular weight excluding hydrogens is 426 g/mol. The molecule has 0 bridgehead atoms. The second kappa shape index (κ2) is 10.6. The molecule has 0 amide bonds. The Labute approximate surface area is 190 Å². The number of rotatable bonds is 9. The minimum absolute atomic E-state index is 0.0418. The van der Waals surface area contributed by atoms with Gasteiger partial charge in [-0.2, -0.15) is 5.26 Å². The number of nitrogens with zero attached hydrogens (tertiary/aromatic N) is 2. The van der Waals surface area contributed by atoms with E-state index in [2.05, 4.69) is 5.32 Å². The van der Waals surface area contributed by atoms with E-state index in [4.69, 9.17) is 19.5 Å². The van der Waals surface area contributed by atoms with Crippen molar-refractivity contribution in [2.75, 3.05) is 19.5 Å². The smallest absolute Gasteiger partial charge is 0.333 e. The molecule has 1 atom stereocenters. The van der Waals surface area contributed by atoms with Crippen LogP contribution < -0.4 is 14.8 Å². The number of nitro groups is 1. The van der Waals surface area contributed by atoms with Gasteiger partial charge < -0.3 is 19.5 Å². The van der Waals surface area contributed by atoms with E-state index in [1.165, 1.54) is 26.4 Å². The Kier molecular flexibility index (Phi) is 7.44. The van der Waals surface area contributed by atoms with Crippen molar-refractivity contribution in [1.29, 1.82) is 5.26 Å². The molecule has 3 aromatic rings. The lowest BCUT2D eigenvalue weighted by Crippen LogP contribution is -2.23. The second-order valence-corrected chi connectivity index (χ2v) is 6.88. The Morgan fingerprint density at radius 2 is 1.79 bits per heavy atom. The van der Waals surface area contributed by atoms with Gasteiger partial charge in [0.2, 0.25) is 0 Å². The highest BCUT2D eigenvalue weighted by Crippen LogP contribution is 2.39. The highest BCUT2D eigenvalue weighted by atomic mass is 16.6. The van der Waals surface area contributed by atoms with Gasteiger partial charge in [0.25, 0.3) is 5.69 Å². The molecule has 0 aliphatic carbocycles. The second-order valence-electron chi connectivity index (χ2n) is 6.88. The standard InChI is InChI=1S/C24H21N3O6/c1-31-21-12-19(23(24(28)32-2)26-18-10-8-16(14-25)9-11-18)20(27(29)30)13-22(21)33-15-17-6-4-3-5-7-17/h3-13,23,26H,15H2,1-2H3. The molecule has 9 nitrogen and oxygen atoms in total. The third-order valence-electron chi connectivity index (χ3n) is 4.82. The van der Waals surface area contributed by atoms with Crippen LogP contribution >= 0.6 is 0 Å². The van der Waals surface area contributed by atoms with E-state index in [9.17, 15) is 14.9 Å². The van der Waals surface area contributed by atoms with E-state index in [1.807, 2.05) is 36.4 Å². The van der Waals surface area contributed by atoms with Crippen LogP contribution in [-0.4, -0.2) is 25.1 Å². The molecule has 0 heterocycles. The van der Waals surface area contributed by atoms with Crippen LogP contribution in [0.2, 0.25) is 0 Å². The van der Waals surface area contributed by atoms with Crippen LogP contribution in [0.5, 0.6) is 11.5 Å². The number of esters is 1. The van der Waals surface area contributed by atoms with E-state index >= 15 is 0 Å². The van der Waals surface area contributed by atoms with Crippen molar-refractivity contribution in [2.24, 2.45) is 0 Å². The van der Waals surface area contributed by atoms with Gasteiger partial charge in [-0.1, -0.05) is 30.3 Å². The summed E-state index contributed by atoms with van der Waals surface area (Å²) in [5.41, 5.74) is 1.49. The summed E-state index contributed by atoms with van der Waals surface area (Å²) < 4.78 is 16.0. The van der Waals surface area contributed by atoms with Gasteiger partial charge in [-0.3, -0.25) is 10.1 Å². The first kappa shape index (κ1) is 23.1. The van der Waals surface area contributed by atoms with E-state index in [1.54, 1.807) is 24.3 Å². The van der Waals surface area contributed by atoms with Crippen molar-refractivity contribution < 1.29 is 23.9 Å². The quantitative estimate of drug-likeness (QED) is 0.291. The highest BCUT2D eigenvalue weighted by Gasteiger charge is 2.31. The molecule has 9 heteroatoms. The predicted octanol–water partition coefficient (Wildman–Crippen LogP) is 4.38. The van der Waals surface area contributed by atoms with E-state index in [-0.39, 0.29) is 29.4 Å².